The summed E-state index contributed by atoms with van der Waals surface area (Å²) in [5.74, 6) is 1.37. The zero-order valence-electron chi connectivity index (χ0n) is 10.1. The summed E-state index contributed by atoms with van der Waals surface area (Å²) >= 11 is 4.13. The molecule has 0 heterocycles. The fourth-order valence-corrected chi connectivity index (χ4v) is 1.74. The third kappa shape index (κ3) is 7.17. The molecule has 0 aliphatic heterocycles. The first-order valence-corrected chi connectivity index (χ1v) is 6.31. The van der Waals surface area contributed by atoms with Crippen molar-refractivity contribution in [2.24, 2.45) is 5.92 Å². The normalized spacial score (nSPS) is 17.4. The van der Waals surface area contributed by atoms with Gasteiger partial charge < -0.3 is 15.2 Å². The summed E-state index contributed by atoms with van der Waals surface area (Å²) in [6.07, 6.45) is 1.26. The van der Waals surface area contributed by atoms with Crippen LogP contribution in [0.4, 0.5) is 0 Å². The molecular weight excluding hydrogens is 210 g/mol. The Bertz CT molecular complexity index is 147. The minimum Gasteiger partial charge on any atom is -0.390 e. The molecule has 0 bridgehead atoms. The van der Waals surface area contributed by atoms with E-state index in [1.165, 1.54) is 0 Å². The number of rotatable bonds is 9. The van der Waals surface area contributed by atoms with E-state index in [4.69, 9.17) is 4.74 Å². The topological polar surface area (TPSA) is 41.5 Å². The summed E-state index contributed by atoms with van der Waals surface area (Å²) in [7, 11) is 1.66. The molecule has 3 nitrogen and oxygen atoms in total. The van der Waals surface area contributed by atoms with E-state index in [2.05, 4.69) is 24.9 Å². The van der Waals surface area contributed by atoms with E-state index < -0.39 is 0 Å². The first kappa shape index (κ1) is 15.2. The largest absolute Gasteiger partial charge is 0.390 e. The fraction of sp³-hybridized carbons (Fsp3) is 1.00. The maximum Gasteiger partial charge on any atom is 0.0833 e. The van der Waals surface area contributed by atoms with Crippen molar-refractivity contribution in [2.75, 3.05) is 26.0 Å². The van der Waals surface area contributed by atoms with E-state index in [0.717, 1.165) is 31.7 Å². The van der Waals surface area contributed by atoms with Crippen molar-refractivity contribution in [2.45, 2.75) is 38.9 Å². The van der Waals surface area contributed by atoms with Gasteiger partial charge in [-0.15, -0.1) is 0 Å². The van der Waals surface area contributed by atoms with Gasteiger partial charge in [0.2, 0.25) is 0 Å². The van der Waals surface area contributed by atoms with Crippen LogP contribution in [0.2, 0.25) is 0 Å². The van der Waals surface area contributed by atoms with Crippen molar-refractivity contribution in [3.8, 4) is 0 Å². The van der Waals surface area contributed by atoms with Gasteiger partial charge in [0.25, 0.3) is 0 Å². The summed E-state index contributed by atoms with van der Waals surface area (Å²) in [6.45, 7) is 6.03. The van der Waals surface area contributed by atoms with Crippen molar-refractivity contribution in [1.82, 2.24) is 5.32 Å². The molecule has 0 aromatic heterocycles. The van der Waals surface area contributed by atoms with Crippen LogP contribution in [-0.4, -0.2) is 43.3 Å². The summed E-state index contributed by atoms with van der Waals surface area (Å²) in [5, 5.41) is 13.0. The van der Waals surface area contributed by atoms with Crippen molar-refractivity contribution in [1.29, 1.82) is 0 Å². The predicted octanol–water partition coefficient (Wildman–Crippen LogP) is 1.32. The highest BCUT2D eigenvalue weighted by molar-refractivity contribution is 7.80. The van der Waals surface area contributed by atoms with Crippen LogP contribution in [0.5, 0.6) is 0 Å². The Morgan fingerprint density at radius 3 is 2.60 bits per heavy atom. The number of hydrogen-bond donors (Lipinski definition) is 3. The van der Waals surface area contributed by atoms with E-state index in [1.807, 2.05) is 6.92 Å². The third-order valence-electron chi connectivity index (χ3n) is 2.57. The summed E-state index contributed by atoms with van der Waals surface area (Å²) in [5.41, 5.74) is 0. The van der Waals surface area contributed by atoms with E-state index in [9.17, 15) is 5.11 Å². The molecule has 0 aromatic rings. The summed E-state index contributed by atoms with van der Waals surface area (Å²) in [4.78, 5) is 0. The zero-order valence-corrected chi connectivity index (χ0v) is 11.0. The molecule has 0 rings (SSSR count). The highest BCUT2D eigenvalue weighted by Crippen LogP contribution is 2.13. The molecule has 0 saturated carbocycles. The zero-order chi connectivity index (χ0) is 11.7. The molecule has 0 aromatic carbocycles. The number of nitrogens with one attached hydrogen (secondary N) is 1. The average molecular weight is 235 g/mol. The number of thiol groups is 1. The van der Waals surface area contributed by atoms with Crippen LogP contribution in [0.3, 0.4) is 0 Å². The molecule has 2 unspecified atom stereocenters. The second kappa shape index (κ2) is 9.46. The molecular formula is C11H25NO2S. The summed E-state index contributed by atoms with van der Waals surface area (Å²) in [6, 6.07) is 0. The Balaban J connectivity index is 3.74. The molecule has 92 valence electrons. The van der Waals surface area contributed by atoms with Gasteiger partial charge in [-0.25, -0.2) is 0 Å². The maximum atomic E-state index is 9.68. The lowest BCUT2D eigenvalue weighted by Crippen LogP contribution is -2.32. The Morgan fingerprint density at radius 1 is 1.47 bits per heavy atom. The van der Waals surface area contributed by atoms with Gasteiger partial charge in [0.15, 0.2) is 0 Å². The second-order valence-corrected chi connectivity index (χ2v) is 4.47. The van der Waals surface area contributed by atoms with Gasteiger partial charge in [-0.3, -0.25) is 0 Å². The van der Waals surface area contributed by atoms with Gasteiger partial charge in [-0.05, 0) is 25.3 Å². The number of hydrogen-bond acceptors (Lipinski definition) is 4. The Kier molecular flexibility index (Phi) is 9.60. The van der Waals surface area contributed by atoms with Crippen LogP contribution in [0.1, 0.15) is 26.7 Å². The van der Waals surface area contributed by atoms with E-state index >= 15 is 0 Å². The second-order valence-electron chi connectivity index (χ2n) is 4.02. The van der Waals surface area contributed by atoms with Crippen LogP contribution < -0.4 is 5.32 Å². The lowest BCUT2D eigenvalue weighted by molar-refractivity contribution is -0.0248. The third-order valence-corrected chi connectivity index (χ3v) is 2.79. The van der Waals surface area contributed by atoms with E-state index in [-0.39, 0.29) is 12.2 Å². The molecule has 0 amide bonds. The number of aliphatic hydroxyl groups is 1. The Labute approximate surface area is 99.0 Å². The Hall–Kier alpha value is 0.230. The highest BCUT2D eigenvalue weighted by Gasteiger charge is 2.19. The van der Waals surface area contributed by atoms with Crippen molar-refractivity contribution in [3.63, 3.8) is 0 Å². The molecule has 15 heavy (non-hydrogen) atoms. The molecule has 0 aliphatic carbocycles. The molecule has 0 spiro atoms. The Morgan fingerprint density at radius 2 is 2.13 bits per heavy atom. The quantitative estimate of drug-likeness (QED) is 0.417. The van der Waals surface area contributed by atoms with Gasteiger partial charge in [-0.1, -0.05) is 13.8 Å². The van der Waals surface area contributed by atoms with Crippen LogP contribution in [-0.2, 0) is 4.74 Å². The lowest BCUT2D eigenvalue weighted by Gasteiger charge is -2.23. The van der Waals surface area contributed by atoms with E-state index in [0.29, 0.717) is 5.92 Å². The van der Waals surface area contributed by atoms with Gasteiger partial charge >= 0.3 is 0 Å². The van der Waals surface area contributed by atoms with Crippen LogP contribution in [0, 0.1) is 5.92 Å². The molecule has 2 N–H and O–H groups in total. The SMILES string of the molecule is CCC(O)[C@H](CC(C)CNCCS)OC. The number of aliphatic hydroxyl groups excluding tert-OH is 1. The smallest absolute Gasteiger partial charge is 0.0833 e. The highest BCUT2D eigenvalue weighted by atomic mass is 32.1. The molecule has 0 fully saturated rings. The minimum atomic E-state index is -0.345. The standard InChI is InChI=1S/C11H25NO2S/c1-4-10(13)11(14-3)7-9(2)8-12-5-6-15/h9-13,15H,4-8H2,1-3H3/t9?,10?,11-/m0/s1. The van der Waals surface area contributed by atoms with Gasteiger partial charge in [0, 0.05) is 19.4 Å². The van der Waals surface area contributed by atoms with Crippen LogP contribution in [0.15, 0.2) is 0 Å². The van der Waals surface area contributed by atoms with Crippen LogP contribution in [0.25, 0.3) is 0 Å². The fourth-order valence-electron chi connectivity index (χ4n) is 1.58. The molecule has 4 heteroatoms. The van der Waals surface area contributed by atoms with E-state index in [1.54, 1.807) is 7.11 Å². The first-order chi connectivity index (χ1) is 7.15. The van der Waals surface area contributed by atoms with Crippen molar-refractivity contribution < 1.29 is 9.84 Å². The summed E-state index contributed by atoms with van der Waals surface area (Å²) < 4.78 is 5.29. The molecule has 3 atom stereocenters. The lowest BCUT2D eigenvalue weighted by atomic mass is 9.98. The van der Waals surface area contributed by atoms with Crippen LogP contribution >= 0.6 is 12.6 Å². The molecule has 0 radical (unpaired) electrons. The number of ether oxygens (including phenoxy) is 1. The van der Waals surface area contributed by atoms with Gasteiger partial charge in [-0.2, -0.15) is 12.6 Å². The van der Waals surface area contributed by atoms with Gasteiger partial charge in [0.05, 0.1) is 12.2 Å². The minimum absolute atomic E-state index is 0.0391. The predicted molar refractivity (Wildman–Crippen MR) is 67.6 cm³/mol. The monoisotopic (exact) mass is 235 g/mol. The van der Waals surface area contributed by atoms with Gasteiger partial charge in [0.1, 0.15) is 0 Å². The average Bonchev–Trinajstić information content (AvgIpc) is 2.25. The maximum absolute atomic E-state index is 9.68. The van der Waals surface area contributed by atoms with Crippen molar-refractivity contribution in [3.05, 3.63) is 0 Å². The first-order valence-electron chi connectivity index (χ1n) is 5.68. The van der Waals surface area contributed by atoms with Crippen molar-refractivity contribution >= 4 is 12.6 Å². The number of methoxy groups -OCH3 is 1. The molecule has 0 aliphatic rings. The molecule has 0 saturated heterocycles.